The van der Waals surface area contributed by atoms with Crippen molar-refractivity contribution >= 4 is 29.0 Å². The van der Waals surface area contributed by atoms with Gasteiger partial charge in [0.25, 0.3) is 5.91 Å². The van der Waals surface area contributed by atoms with Gasteiger partial charge in [-0.3, -0.25) is 4.79 Å². The second-order valence-corrected chi connectivity index (χ2v) is 7.23. The Morgan fingerprint density at radius 3 is 2.51 bits per heavy atom. The van der Waals surface area contributed by atoms with Crippen molar-refractivity contribution in [1.82, 2.24) is 19.7 Å². The van der Waals surface area contributed by atoms with E-state index in [1.54, 1.807) is 0 Å². The van der Waals surface area contributed by atoms with Crippen molar-refractivity contribution in [3.8, 4) is 17.3 Å². The molecular formula is C21H12ClF5N6O2. The number of carbonyl (C=O) groups is 1. The highest BCUT2D eigenvalue weighted by atomic mass is 35.5. The van der Waals surface area contributed by atoms with Gasteiger partial charge in [0.05, 0.1) is 11.8 Å². The zero-order chi connectivity index (χ0) is 25.3. The number of nitrogen functional groups attached to an aromatic ring is 1. The summed E-state index contributed by atoms with van der Waals surface area (Å²) >= 11 is 5.89. The summed E-state index contributed by atoms with van der Waals surface area (Å²) in [5, 5.41) is 5.53. The van der Waals surface area contributed by atoms with Gasteiger partial charge in [-0.1, -0.05) is 23.7 Å². The minimum Gasteiger partial charge on any atom is -0.434 e. The van der Waals surface area contributed by atoms with Crippen LogP contribution in [0.25, 0.3) is 5.69 Å². The highest BCUT2D eigenvalue weighted by molar-refractivity contribution is 6.34. The van der Waals surface area contributed by atoms with Gasteiger partial charge in [0, 0.05) is 11.8 Å². The van der Waals surface area contributed by atoms with E-state index in [9.17, 15) is 26.7 Å². The molecule has 35 heavy (non-hydrogen) atoms. The molecule has 0 saturated heterocycles. The van der Waals surface area contributed by atoms with Crippen LogP contribution in [0.5, 0.6) is 11.6 Å². The first-order chi connectivity index (χ1) is 16.6. The number of nitrogens with zero attached hydrogens (tertiary/aromatic N) is 4. The normalized spacial score (nSPS) is 11.4. The minimum atomic E-state index is -5.06. The summed E-state index contributed by atoms with van der Waals surface area (Å²) in [6, 6.07) is 7.70. The molecule has 2 aromatic carbocycles. The lowest BCUT2D eigenvalue weighted by Crippen LogP contribution is -2.21. The highest BCUT2D eigenvalue weighted by Gasteiger charge is 2.41. The fourth-order valence-electron chi connectivity index (χ4n) is 3.00. The molecule has 0 atom stereocenters. The lowest BCUT2D eigenvalue weighted by atomic mass is 10.2. The molecule has 0 aliphatic carbocycles. The summed E-state index contributed by atoms with van der Waals surface area (Å²) < 4.78 is 75.5. The van der Waals surface area contributed by atoms with Crippen LogP contribution in [0.15, 0.2) is 55.0 Å². The summed E-state index contributed by atoms with van der Waals surface area (Å²) in [7, 11) is 0. The van der Waals surface area contributed by atoms with E-state index in [0.29, 0.717) is 6.20 Å². The zero-order valence-electron chi connectivity index (χ0n) is 17.1. The van der Waals surface area contributed by atoms with E-state index in [2.05, 4.69) is 20.4 Å². The average molecular weight is 511 g/mol. The van der Waals surface area contributed by atoms with Crippen molar-refractivity contribution in [2.75, 3.05) is 11.1 Å². The van der Waals surface area contributed by atoms with Crippen LogP contribution in [-0.2, 0) is 6.18 Å². The molecule has 4 rings (SSSR count). The topological polar surface area (TPSA) is 108 Å². The summed E-state index contributed by atoms with van der Waals surface area (Å²) in [4.78, 5) is 20.0. The van der Waals surface area contributed by atoms with Gasteiger partial charge in [-0.25, -0.2) is 18.4 Å². The Labute approximate surface area is 198 Å². The number of aromatic nitrogens is 4. The maximum absolute atomic E-state index is 14.5. The number of carbonyl (C=O) groups excluding carboxylic acids is 1. The van der Waals surface area contributed by atoms with Crippen LogP contribution in [0.2, 0.25) is 5.02 Å². The average Bonchev–Trinajstić information content (AvgIpc) is 3.25. The number of hydrogen-bond acceptors (Lipinski definition) is 6. The van der Waals surface area contributed by atoms with Gasteiger partial charge in [-0.2, -0.15) is 23.3 Å². The Hall–Kier alpha value is -4.26. The Morgan fingerprint density at radius 1 is 1.09 bits per heavy atom. The van der Waals surface area contributed by atoms with Crippen LogP contribution in [0.4, 0.5) is 33.5 Å². The molecule has 14 heteroatoms. The van der Waals surface area contributed by atoms with E-state index in [1.165, 1.54) is 18.2 Å². The number of anilines is 2. The smallest absolute Gasteiger partial charge is 0.434 e. The fraction of sp³-hybridized carbons (Fsp3) is 0.0476. The second kappa shape index (κ2) is 9.18. The van der Waals surface area contributed by atoms with Crippen molar-refractivity contribution in [1.29, 1.82) is 0 Å². The van der Waals surface area contributed by atoms with Crippen LogP contribution >= 0.6 is 11.6 Å². The molecule has 1 amide bonds. The number of hydrogen-bond donors (Lipinski definition) is 2. The van der Waals surface area contributed by atoms with Crippen LogP contribution in [0.1, 0.15) is 16.1 Å². The van der Waals surface area contributed by atoms with Crippen LogP contribution in [-0.4, -0.2) is 25.7 Å². The number of ether oxygens (including phenoxy) is 1. The second-order valence-electron chi connectivity index (χ2n) is 6.85. The number of amides is 1. The van der Waals surface area contributed by atoms with Crippen molar-refractivity contribution in [2.24, 2.45) is 0 Å². The van der Waals surface area contributed by atoms with Gasteiger partial charge in [-0.05, 0) is 24.3 Å². The SMILES string of the molecule is Nc1ncnc(Oc2ccc(NC(=O)c3cnn(-c4ccccc4F)c3C(F)(F)F)cc2F)c1Cl. The maximum Gasteiger partial charge on any atom is 0.434 e. The van der Waals surface area contributed by atoms with E-state index in [1.807, 2.05) is 0 Å². The van der Waals surface area contributed by atoms with Crippen molar-refractivity contribution in [3.05, 3.63) is 82.9 Å². The third-order valence-electron chi connectivity index (χ3n) is 4.54. The Balaban J connectivity index is 1.61. The van der Waals surface area contributed by atoms with E-state index < -0.39 is 40.7 Å². The minimum absolute atomic E-state index is 0.0997. The standard InChI is InChI=1S/C21H12ClF5N6O2/c22-16-18(28)29-9-30-20(16)35-15-6-5-10(7-13(15)24)32-19(34)11-8-31-33(17(11)21(25,26)27)14-4-2-1-3-12(14)23/h1-9H,(H,32,34)(H2,28,29,30). The van der Waals surface area contributed by atoms with Crippen LogP contribution in [0.3, 0.4) is 0 Å². The van der Waals surface area contributed by atoms with Gasteiger partial charge in [0.15, 0.2) is 17.3 Å². The van der Waals surface area contributed by atoms with Crippen molar-refractivity contribution < 1.29 is 31.5 Å². The summed E-state index contributed by atoms with van der Waals surface area (Å²) in [5.74, 6) is -3.90. The van der Waals surface area contributed by atoms with Gasteiger partial charge in [-0.15, -0.1) is 0 Å². The number of benzene rings is 2. The molecule has 2 aromatic heterocycles. The molecule has 0 unspecified atom stereocenters. The van der Waals surface area contributed by atoms with Crippen molar-refractivity contribution in [3.63, 3.8) is 0 Å². The Kier molecular flexibility index (Phi) is 6.26. The molecule has 0 bridgehead atoms. The predicted molar refractivity (Wildman–Crippen MR) is 114 cm³/mol. The molecule has 3 N–H and O–H groups in total. The molecule has 4 aromatic rings. The quantitative estimate of drug-likeness (QED) is 0.356. The molecular weight excluding hydrogens is 499 g/mol. The van der Waals surface area contributed by atoms with Crippen molar-refractivity contribution in [2.45, 2.75) is 6.18 Å². The maximum atomic E-state index is 14.5. The highest BCUT2D eigenvalue weighted by Crippen LogP contribution is 2.35. The molecule has 0 saturated carbocycles. The molecule has 0 radical (unpaired) electrons. The van der Waals surface area contributed by atoms with E-state index in [4.69, 9.17) is 22.1 Å². The summed E-state index contributed by atoms with van der Waals surface area (Å²) in [6.45, 7) is 0. The van der Waals surface area contributed by atoms with E-state index in [-0.39, 0.29) is 32.8 Å². The summed E-state index contributed by atoms with van der Waals surface area (Å²) in [5.41, 5.74) is 2.42. The molecule has 0 aliphatic heterocycles. The van der Waals surface area contributed by atoms with Gasteiger partial charge in [0.1, 0.15) is 28.7 Å². The number of nitrogens with one attached hydrogen (secondary N) is 1. The number of nitrogens with two attached hydrogens (primary N) is 1. The number of rotatable bonds is 5. The largest absolute Gasteiger partial charge is 0.434 e. The molecule has 0 spiro atoms. The number of alkyl halides is 3. The predicted octanol–water partition coefficient (Wildman–Crippen LogP) is 5.24. The van der Waals surface area contributed by atoms with Gasteiger partial charge in [0.2, 0.25) is 5.88 Å². The Morgan fingerprint density at radius 2 is 1.83 bits per heavy atom. The fourth-order valence-corrected chi connectivity index (χ4v) is 3.13. The third kappa shape index (κ3) is 4.84. The first-order valence-corrected chi connectivity index (χ1v) is 9.89. The Bertz CT molecular complexity index is 1430. The lowest BCUT2D eigenvalue weighted by molar-refractivity contribution is -0.143. The van der Waals surface area contributed by atoms with Crippen LogP contribution < -0.4 is 15.8 Å². The number of para-hydroxylation sites is 1. The summed E-state index contributed by atoms with van der Waals surface area (Å²) in [6.07, 6.45) is -3.38. The monoisotopic (exact) mass is 510 g/mol. The van der Waals surface area contributed by atoms with Gasteiger partial charge < -0.3 is 15.8 Å². The number of halogens is 6. The third-order valence-corrected chi connectivity index (χ3v) is 4.90. The molecule has 8 nitrogen and oxygen atoms in total. The molecule has 0 aliphatic rings. The lowest BCUT2D eigenvalue weighted by Gasteiger charge is -2.13. The van der Waals surface area contributed by atoms with E-state index >= 15 is 0 Å². The first-order valence-electron chi connectivity index (χ1n) is 9.51. The molecule has 0 fully saturated rings. The zero-order valence-corrected chi connectivity index (χ0v) is 17.9. The van der Waals surface area contributed by atoms with Crippen LogP contribution in [0, 0.1) is 11.6 Å². The molecule has 180 valence electrons. The molecule has 2 heterocycles. The first kappa shape index (κ1) is 23.9. The van der Waals surface area contributed by atoms with Gasteiger partial charge >= 0.3 is 6.18 Å². The van der Waals surface area contributed by atoms with E-state index in [0.717, 1.165) is 30.6 Å².